The quantitative estimate of drug-likeness (QED) is 0.620. The van der Waals surface area contributed by atoms with Crippen LogP contribution in [0, 0.1) is 10.1 Å². The first kappa shape index (κ1) is 15.4. The van der Waals surface area contributed by atoms with Crippen LogP contribution in [0.5, 0.6) is 0 Å². The van der Waals surface area contributed by atoms with E-state index in [0.717, 1.165) is 19.6 Å². The Bertz CT molecular complexity index is 513. The topological polar surface area (TPSA) is 92.7 Å². The zero-order chi connectivity index (χ0) is 15.2. The highest BCUT2D eigenvalue weighted by molar-refractivity contribution is 5.80. The number of hydrogen-bond donors (Lipinski definition) is 1. The molecule has 21 heavy (non-hydrogen) atoms. The van der Waals surface area contributed by atoms with Crippen LogP contribution in [-0.2, 0) is 11.2 Å². The molecule has 1 fully saturated rings. The third-order valence-electron chi connectivity index (χ3n) is 3.70. The van der Waals surface area contributed by atoms with Crippen molar-refractivity contribution >= 4 is 11.6 Å². The lowest BCUT2D eigenvalue weighted by Crippen LogP contribution is -2.50. The first-order chi connectivity index (χ1) is 10.1. The fourth-order valence-corrected chi connectivity index (χ4v) is 2.52. The normalized spacial score (nSPS) is 16.0. The molecule has 0 unspecified atom stereocenters. The average Bonchev–Trinajstić information content (AvgIpc) is 2.48. The Kier molecular flexibility index (Phi) is 5.24. The number of para-hydroxylation sites is 1. The molecular formula is C14H20N4O3. The van der Waals surface area contributed by atoms with Gasteiger partial charge in [0, 0.05) is 50.9 Å². The number of benzene rings is 1. The number of piperazine rings is 1. The number of rotatable bonds is 5. The summed E-state index contributed by atoms with van der Waals surface area (Å²) < 4.78 is 0. The fourth-order valence-electron chi connectivity index (χ4n) is 2.52. The van der Waals surface area contributed by atoms with Gasteiger partial charge in [-0.2, -0.15) is 0 Å². The lowest BCUT2D eigenvalue weighted by atomic mass is 10.1. The van der Waals surface area contributed by atoms with Crippen molar-refractivity contribution in [2.45, 2.75) is 6.42 Å². The highest BCUT2D eigenvalue weighted by Gasteiger charge is 2.23. The lowest BCUT2D eigenvalue weighted by Gasteiger charge is -2.34. The van der Waals surface area contributed by atoms with Crippen LogP contribution in [-0.4, -0.2) is 59.9 Å². The van der Waals surface area contributed by atoms with Crippen LogP contribution in [0.4, 0.5) is 5.69 Å². The molecule has 1 aromatic carbocycles. The van der Waals surface area contributed by atoms with Gasteiger partial charge in [-0.25, -0.2) is 0 Å². The maximum absolute atomic E-state index is 12.3. The molecule has 7 heteroatoms. The summed E-state index contributed by atoms with van der Waals surface area (Å²) in [5.41, 5.74) is 5.99. The van der Waals surface area contributed by atoms with Gasteiger partial charge in [0.1, 0.15) is 0 Å². The second-order valence-electron chi connectivity index (χ2n) is 5.07. The van der Waals surface area contributed by atoms with Crippen LogP contribution in [0.2, 0.25) is 0 Å². The third kappa shape index (κ3) is 3.99. The molecule has 2 rings (SSSR count). The van der Waals surface area contributed by atoms with Crippen molar-refractivity contribution in [2.75, 3.05) is 39.3 Å². The zero-order valence-electron chi connectivity index (χ0n) is 11.9. The highest BCUT2D eigenvalue weighted by atomic mass is 16.6. The molecule has 0 bridgehead atoms. The molecule has 0 spiro atoms. The van der Waals surface area contributed by atoms with Gasteiger partial charge in [0.05, 0.1) is 11.3 Å². The summed E-state index contributed by atoms with van der Waals surface area (Å²) in [5.74, 6) is -0.0586. The molecule has 0 aliphatic carbocycles. The van der Waals surface area contributed by atoms with E-state index in [2.05, 4.69) is 4.90 Å². The van der Waals surface area contributed by atoms with Gasteiger partial charge < -0.3 is 10.6 Å². The first-order valence-corrected chi connectivity index (χ1v) is 7.04. The van der Waals surface area contributed by atoms with Crippen LogP contribution in [0.3, 0.4) is 0 Å². The van der Waals surface area contributed by atoms with E-state index in [4.69, 9.17) is 5.73 Å². The van der Waals surface area contributed by atoms with Gasteiger partial charge in [0.2, 0.25) is 5.91 Å². The van der Waals surface area contributed by atoms with Crippen molar-refractivity contribution in [1.82, 2.24) is 9.80 Å². The van der Waals surface area contributed by atoms with E-state index in [9.17, 15) is 14.9 Å². The summed E-state index contributed by atoms with van der Waals surface area (Å²) in [6.45, 7) is 4.37. The van der Waals surface area contributed by atoms with Gasteiger partial charge >= 0.3 is 0 Å². The van der Waals surface area contributed by atoms with E-state index in [1.54, 1.807) is 23.1 Å². The maximum Gasteiger partial charge on any atom is 0.273 e. The summed E-state index contributed by atoms with van der Waals surface area (Å²) in [4.78, 5) is 26.8. The maximum atomic E-state index is 12.3. The molecule has 114 valence electrons. The summed E-state index contributed by atoms with van der Waals surface area (Å²) in [6.07, 6.45) is 0.0774. The lowest BCUT2D eigenvalue weighted by molar-refractivity contribution is -0.385. The molecule has 1 heterocycles. The van der Waals surface area contributed by atoms with E-state index in [0.29, 0.717) is 25.2 Å². The molecule has 0 atom stereocenters. The monoisotopic (exact) mass is 292 g/mol. The Morgan fingerprint density at radius 1 is 1.24 bits per heavy atom. The predicted molar refractivity (Wildman–Crippen MR) is 78.9 cm³/mol. The summed E-state index contributed by atoms with van der Waals surface area (Å²) >= 11 is 0. The van der Waals surface area contributed by atoms with Gasteiger partial charge in [-0.3, -0.25) is 19.8 Å². The van der Waals surface area contributed by atoms with Gasteiger partial charge in [-0.15, -0.1) is 0 Å². The summed E-state index contributed by atoms with van der Waals surface area (Å²) in [6, 6.07) is 6.40. The van der Waals surface area contributed by atoms with E-state index >= 15 is 0 Å². The number of nitro benzene ring substituents is 1. The van der Waals surface area contributed by atoms with Crippen LogP contribution in [0.15, 0.2) is 24.3 Å². The first-order valence-electron chi connectivity index (χ1n) is 7.04. The average molecular weight is 292 g/mol. The molecule has 1 aromatic rings. The number of carbonyl (C=O) groups is 1. The third-order valence-corrected chi connectivity index (χ3v) is 3.70. The number of carbonyl (C=O) groups excluding carboxylic acids is 1. The van der Waals surface area contributed by atoms with E-state index in [1.807, 2.05) is 0 Å². The molecule has 1 aliphatic heterocycles. The van der Waals surface area contributed by atoms with Crippen molar-refractivity contribution in [3.05, 3.63) is 39.9 Å². The standard InChI is InChI=1S/C14H20N4O3/c15-5-6-16-7-9-17(10-8-16)14(19)11-12-3-1-2-4-13(12)18(20)21/h1-4H,5-11,15H2. The van der Waals surface area contributed by atoms with Crippen molar-refractivity contribution < 1.29 is 9.72 Å². The fraction of sp³-hybridized carbons (Fsp3) is 0.500. The minimum absolute atomic E-state index is 0.00705. The van der Waals surface area contributed by atoms with E-state index < -0.39 is 4.92 Å². The number of hydrogen-bond acceptors (Lipinski definition) is 5. The molecule has 1 aliphatic rings. The predicted octanol–water partition coefficient (Wildman–Crippen LogP) is 0.240. The van der Waals surface area contributed by atoms with Gasteiger partial charge in [0.25, 0.3) is 5.69 Å². The zero-order valence-corrected chi connectivity index (χ0v) is 11.9. The van der Waals surface area contributed by atoms with Crippen LogP contribution in [0.25, 0.3) is 0 Å². The molecule has 1 saturated heterocycles. The molecule has 1 amide bonds. The summed E-state index contributed by atoms with van der Waals surface area (Å²) in [5, 5.41) is 11.0. The SMILES string of the molecule is NCCN1CCN(C(=O)Cc2ccccc2[N+](=O)[O-])CC1. The van der Waals surface area contributed by atoms with Crippen molar-refractivity contribution in [1.29, 1.82) is 0 Å². The highest BCUT2D eigenvalue weighted by Crippen LogP contribution is 2.19. The molecular weight excluding hydrogens is 272 g/mol. The Labute approximate surface area is 123 Å². The van der Waals surface area contributed by atoms with Crippen molar-refractivity contribution in [3.63, 3.8) is 0 Å². The second kappa shape index (κ2) is 7.14. The number of nitrogens with zero attached hydrogens (tertiary/aromatic N) is 3. The van der Waals surface area contributed by atoms with Crippen molar-refractivity contribution in [2.24, 2.45) is 5.73 Å². The van der Waals surface area contributed by atoms with E-state index in [1.165, 1.54) is 6.07 Å². The van der Waals surface area contributed by atoms with Gasteiger partial charge in [-0.1, -0.05) is 18.2 Å². The second-order valence-corrected chi connectivity index (χ2v) is 5.07. The molecule has 7 nitrogen and oxygen atoms in total. The Balaban J connectivity index is 1.95. The molecule has 0 saturated carbocycles. The number of nitro groups is 1. The van der Waals surface area contributed by atoms with Crippen LogP contribution >= 0.6 is 0 Å². The minimum Gasteiger partial charge on any atom is -0.340 e. The smallest absolute Gasteiger partial charge is 0.273 e. The summed E-state index contributed by atoms with van der Waals surface area (Å²) in [7, 11) is 0. The van der Waals surface area contributed by atoms with E-state index in [-0.39, 0.29) is 18.0 Å². The van der Waals surface area contributed by atoms with Crippen molar-refractivity contribution in [3.8, 4) is 0 Å². The Hall–Kier alpha value is -1.99. The van der Waals surface area contributed by atoms with Gasteiger partial charge in [-0.05, 0) is 0 Å². The van der Waals surface area contributed by atoms with Crippen LogP contribution < -0.4 is 5.73 Å². The minimum atomic E-state index is -0.443. The van der Waals surface area contributed by atoms with Gasteiger partial charge in [0.15, 0.2) is 0 Å². The molecule has 2 N–H and O–H groups in total. The Morgan fingerprint density at radius 3 is 2.52 bits per heavy atom. The molecule has 0 radical (unpaired) electrons. The largest absolute Gasteiger partial charge is 0.340 e. The van der Waals surface area contributed by atoms with Crippen LogP contribution in [0.1, 0.15) is 5.56 Å². The number of amides is 1. The Morgan fingerprint density at radius 2 is 1.90 bits per heavy atom. The molecule has 0 aromatic heterocycles. The number of nitrogens with two attached hydrogens (primary N) is 1.